The fourth-order valence-electron chi connectivity index (χ4n) is 2.49. The number of carbonyl (C=O) groups excluding carboxylic acids is 1. The van der Waals surface area contributed by atoms with Crippen LogP contribution in [0.5, 0.6) is 0 Å². The van der Waals surface area contributed by atoms with Crippen LogP contribution in [0.3, 0.4) is 0 Å². The van der Waals surface area contributed by atoms with Crippen LogP contribution in [0.4, 0.5) is 0 Å². The maximum absolute atomic E-state index is 12.1. The summed E-state index contributed by atoms with van der Waals surface area (Å²) >= 11 is 0. The molecule has 124 valence electrons. The van der Waals surface area contributed by atoms with E-state index in [2.05, 4.69) is 10.4 Å². The van der Waals surface area contributed by atoms with Crippen molar-refractivity contribution in [2.75, 3.05) is 0 Å². The molecule has 0 aliphatic rings. The SMILES string of the molecule is Cc1cc(C)n(-c2ccc(C(C)NC(=O)[C@@H](N)C(C)C)cc2)n1. The minimum Gasteiger partial charge on any atom is -0.348 e. The lowest BCUT2D eigenvalue weighted by molar-refractivity contribution is -0.123. The van der Waals surface area contributed by atoms with Gasteiger partial charge in [-0.25, -0.2) is 4.68 Å². The Bertz CT molecular complexity index is 673. The van der Waals surface area contributed by atoms with Gasteiger partial charge in [-0.2, -0.15) is 5.10 Å². The van der Waals surface area contributed by atoms with E-state index in [0.29, 0.717) is 0 Å². The van der Waals surface area contributed by atoms with Crippen molar-refractivity contribution in [3.63, 3.8) is 0 Å². The van der Waals surface area contributed by atoms with Gasteiger partial charge in [0.1, 0.15) is 0 Å². The normalized spacial score (nSPS) is 13.9. The van der Waals surface area contributed by atoms with Crippen molar-refractivity contribution in [3.05, 3.63) is 47.3 Å². The van der Waals surface area contributed by atoms with Crippen LogP contribution in [-0.4, -0.2) is 21.7 Å². The third-order valence-corrected chi connectivity index (χ3v) is 4.03. The van der Waals surface area contributed by atoms with E-state index in [9.17, 15) is 4.79 Å². The lowest BCUT2D eigenvalue weighted by Crippen LogP contribution is -2.44. The third kappa shape index (κ3) is 3.99. The van der Waals surface area contributed by atoms with Crippen molar-refractivity contribution < 1.29 is 4.79 Å². The van der Waals surface area contributed by atoms with Crippen molar-refractivity contribution in [3.8, 4) is 5.69 Å². The molecule has 0 bridgehead atoms. The topological polar surface area (TPSA) is 72.9 Å². The van der Waals surface area contributed by atoms with Gasteiger partial charge in [0.15, 0.2) is 0 Å². The van der Waals surface area contributed by atoms with Gasteiger partial charge in [0.25, 0.3) is 0 Å². The molecule has 2 atom stereocenters. The summed E-state index contributed by atoms with van der Waals surface area (Å²) in [5.41, 5.74) is 10.0. The zero-order valence-electron chi connectivity index (χ0n) is 14.5. The Balaban J connectivity index is 2.10. The van der Waals surface area contributed by atoms with Gasteiger partial charge < -0.3 is 11.1 Å². The van der Waals surface area contributed by atoms with Gasteiger partial charge in [-0.05, 0) is 50.5 Å². The summed E-state index contributed by atoms with van der Waals surface area (Å²) in [4.78, 5) is 12.1. The number of aromatic nitrogens is 2. The molecule has 5 nitrogen and oxygen atoms in total. The molecule has 0 saturated heterocycles. The highest BCUT2D eigenvalue weighted by atomic mass is 16.2. The molecule has 1 unspecified atom stereocenters. The second kappa shape index (κ2) is 6.96. The van der Waals surface area contributed by atoms with E-state index in [-0.39, 0.29) is 17.9 Å². The van der Waals surface area contributed by atoms with Crippen molar-refractivity contribution in [2.24, 2.45) is 11.7 Å². The van der Waals surface area contributed by atoms with Crippen LogP contribution in [0.1, 0.15) is 43.8 Å². The number of hydrogen-bond donors (Lipinski definition) is 2. The van der Waals surface area contributed by atoms with Gasteiger partial charge in [-0.15, -0.1) is 0 Å². The number of amides is 1. The maximum Gasteiger partial charge on any atom is 0.237 e. The van der Waals surface area contributed by atoms with Gasteiger partial charge in [-0.3, -0.25) is 4.79 Å². The molecule has 23 heavy (non-hydrogen) atoms. The lowest BCUT2D eigenvalue weighted by Gasteiger charge is -2.20. The predicted molar refractivity (Wildman–Crippen MR) is 92.4 cm³/mol. The number of nitrogens with two attached hydrogens (primary N) is 1. The van der Waals surface area contributed by atoms with Crippen LogP contribution in [0.2, 0.25) is 0 Å². The van der Waals surface area contributed by atoms with Crippen LogP contribution in [0.15, 0.2) is 30.3 Å². The largest absolute Gasteiger partial charge is 0.348 e. The van der Waals surface area contributed by atoms with Gasteiger partial charge >= 0.3 is 0 Å². The molecule has 0 saturated carbocycles. The first-order valence-electron chi connectivity index (χ1n) is 7.99. The molecular weight excluding hydrogens is 288 g/mol. The predicted octanol–water partition coefficient (Wildman–Crippen LogP) is 2.65. The Labute approximate surface area is 137 Å². The number of nitrogens with one attached hydrogen (secondary N) is 1. The molecule has 1 heterocycles. The van der Waals surface area contributed by atoms with Crippen molar-refractivity contribution in [1.82, 2.24) is 15.1 Å². The Morgan fingerprint density at radius 3 is 2.26 bits per heavy atom. The zero-order chi connectivity index (χ0) is 17.1. The second-order valence-electron chi connectivity index (χ2n) is 6.43. The smallest absolute Gasteiger partial charge is 0.237 e. The number of carbonyl (C=O) groups is 1. The van der Waals surface area contributed by atoms with E-state index in [1.165, 1.54) is 0 Å². The highest BCUT2D eigenvalue weighted by molar-refractivity contribution is 5.82. The summed E-state index contributed by atoms with van der Waals surface area (Å²) in [5.74, 6) is 0.00530. The van der Waals surface area contributed by atoms with Crippen LogP contribution in [0.25, 0.3) is 5.69 Å². The average molecular weight is 314 g/mol. The van der Waals surface area contributed by atoms with Crippen LogP contribution in [-0.2, 0) is 4.79 Å². The molecular formula is C18H26N4O. The molecule has 0 aliphatic carbocycles. The van der Waals surface area contributed by atoms with Gasteiger partial charge in [0.2, 0.25) is 5.91 Å². The van der Waals surface area contributed by atoms with Crippen LogP contribution >= 0.6 is 0 Å². The Hall–Kier alpha value is -2.14. The number of aryl methyl sites for hydroxylation is 2. The van der Waals surface area contributed by atoms with Crippen molar-refractivity contribution in [2.45, 2.75) is 46.7 Å². The number of nitrogens with zero attached hydrogens (tertiary/aromatic N) is 2. The first kappa shape index (κ1) is 17.2. The second-order valence-corrected chi connectivity index (χ2v) is 6.43. The summed E-state index contributed by atoms with van der Waals surface area (Å²) in [5, 5.41) is 7.44. The molecule has 0 spiro atoms. The van der Waals surface area contributed by atoms with E-state index < -0.39 is 6.04 Å². The van der Waals surface area contributed by atoms with E-state index in [1.807, 2.05) is 69.6 Å². The Morgan fingerprint density at radius 1 is 1.17 bits per heavy atom. The Kier molecular flexibility index (Phi) is 5.21. The summed E-state index contributed by atoms with van der Waals surface area (Å²) < 4.78 is 1.91. The molecule has 2 rings (SSSR count). The molecule has 1 aromatic heterocycles. The van der Waals surface area contributed by atoms with Gasteiger partial charge in [0, 0.05) is 5.69 Å². The molecule has 5 heteroatoms. The number of benzene rings is 1. The zero-order valence-corrected chi connectivity index (χ0v) is 14.5. The first-order valence-corrected chi connectivity index (χ1v) is 7.99. The average Bonchev–Trinajstić information content (AvgIpc) is 2.85. The minimum absolute atomic E-state index is 0.0817. The molecule has 3 N–H and O–H groups in total. The third-order valence-electron chi connectivity index (χ3n) is 4.03. The molecule has 1 amide bonds. The standard InChI is InChI=1S/C18H26N4O/c1-11(2)17(19)18(23)20-14(5)15-6-8-16(9-7-15)22-13(4)10-12(3)21-22/h6-11,14,17H,19H2,1-5H3,(H,20,23)/t14?,17-/m0/s1. The summed E-state index contributed by atoms with van der Waals surface area (Å²) in [6.07, 6.45) is 0. The van der Waals surface area contributed by atoms with Crippen molar-refractivity contribution >= 4 is 5.91 Å². The molecule has 0 radical (unpaired) electrons. The fourth-order valence-corrected chi connectivity index (χ4v) is 2.49. The highest BCUT2D eigenvalue weighted by Crippen LogP contribution is 2.17. The highest BCUT2D eigenvalue weighted by Gasteiger charge is 2.19. The van der Waals surface area contributed by atoms with E-state index in [1.54, 1.807) is 0 Å². The quantitative estimate of drug-likeness (QED) is 0.891. The molecule has 0 aliphatic heterocycles. The fraction of sp³-hybridized carbons (Fsp3) is 0.444. The van der Waals surface area contributed by atoms with Gasteiger partial charge in [0.05, 0.1) is 23.5 Å². The first-order chi connectivity index (χ1) is 10.8. The van der Waals surface area contributed by atoms with Crippen LogP contribution < -0.4 is 11.1 Å². The van der Waals surface area contributed by atoms with E-state index in [4.69, 9.17) is 5.73 Å². The molecule has 0 fully saturated rings. The minimum atomic E-state index is -0.480. The molecule has 2 aromatic rings. The monoisotopic (exact) mass is 314 g/mol. The number of rotatable bonds is 5. The summed E-state index contributed by atoms with van der Waals surface area (Å²) in [6.45, 7) is 9.86. The summed E-state index contributed by atoms with van der Waals surface area (Å²) in [7, 11) is 0. The van der Waals surface area contributed by atoms with Crippen LogP contribution in [0, 0.1) is 19.8 Å². The maximum atomic E-state index is 12.1. The van der Waals surface area contributed by atoms with E-state index in [0.717, 1.165) is 22.6 Å². The van der Waals surface area contributed by atoms with Gasteiger partial charge in [-0.1, -0.05) is 26.0 Å². The molecule has 1 aromatic carbocycles. The lowest BCUT2D eigenvalue weighted by atomic mass is 10.0. The number of hydrogen-bond acceptors (Lipinski definition) is 3. The van der Waals surface area contributed by atoms with Crippen molar-refractivity contribution in [1.29, 1.82) is 0 Å². The summed E-state index contributed by atoms with van der Waals surface area (Å²) in [6, 6.07) is 9.53. The van der Waals surface area contributed by atoms with E-state index >= 15 is 0 Å². The Morgan fingerprint density at radius 2 is 1.78 bits per heavy atom.